The maximum atomic E-state index is 14.6. The lowest BCUT2D eigenvalue weighted by atomic mass is 10.2. The normalized spacial score (nSPS) is 12.2. The van der Waals surface area contributed by atoms with Crippen LogP contribution < -0.4 is 10.6 Å². The molecule has 3 aromatic carbocycles. The topological polar surface area (TPSA) is 169 Å². The van der Waals surface area contributed by atoms with Gasteiger partial charge in [-0.05, 0) is 61.5 Å². The molecule has 14 heteroatoms. The lowest BCUT2D eigenvalue weighted by Gasteiger charge is -2.25. The van der Waals surface area contributed by atoms with E-state index in [1.54, 1.807) is 22.8 Å². The first-order valence-electron chi connectivity index (χ1n) is 12.7. The van der Waals surface area contributed by atoms with Gasteiger partial charge in [-0.25, -0.2) is 26.0 Å². The van der Waals surface area contributed by atoms with E-state index in [0.29, 0.717) is 22.2 Å². The number of carbonyl (C=O) groups is 3. The van der Waals surface area contributed by atoms with Gasteiger partial charge < -0.3 is 20.3 Å². The number of benzene rings is 3. The van der Waals surface area contributed by atoms with Crippen molar-refractivity contribution in [3.8, 4) is 0 Å². The van der Waals surface area contributed by atoms with E-state index in [2.05, 4.69) is 10.6 Å². The number of hydrogen-bond donors (Lipinski definition) is 3. The summed E-state index contributed by atoms with van der Waals surface area (Å²) in [5, 5.41) is 14.8. The second kappa shape index (κ2) is 11.6. The average Bonchev–Trinajstić information content (AvgIpc) is 3.26. The van der Waals surface area contributed by atoms with Crippen molar-refractivity contribution in [1.82, 2.24) is 4.57 Å². The Balaban J connectivity index is 1.69. The zero-order valence-electron chi connectivity index (χ0n) is 23.3. The van der Waals surface area contributed by atoms with Gasteiger partial charge >= 0.3 is 5.97 Å². The average molecular weight is 630 g/mol. The minimum absolute atomic E-state index is 0.0241. The van der Waals surface area contributed by atoms with Crippen LogP contribution in [0.3, 0.4) is 0 Å². The summed E-state index contributed by atoms with van der Waals surface area (Å²) >= 11 is 0. The van der Waals surface area contributed by atoms with Crippen molar-refractivity contribution >= 4 is 59.7 Å². The molecule has 0 aliphatic heterocycles. The lowest BCUT2D eigenvalue weighted by molar-refractivity contribution is -0.116. The fourth-order valence-corrected chi connectivity index (χ4v) is 7.42. The summed E-state index contributed by atoms with van der Waals surface area (Å²) < 4.78 is 62.9. The van der Waals surface area contributed by atoms with Gasteiger partial charge in [0.15, 0.2) is 23.8 Å². The van der Waals surface area contributed by atoms with Crippen LogP contribution >= 0.6 is 0 Å². The standard InChI is InChI=1S/C29H28FN3O8S2/c1-29(42(2,38)39,43(3,40)41)16-26(34)31-22-12-13-24-20(14-22)15-25(33(24)17-19-6-4-5-7-23(19)30)27(35)32-21-10-8-18(9-11-21)28(36)37/h4-15H,16-17H2,1-3H3,(H,31,34)(H,32,35)(H,36,37). The first kappa shape index (κ1) is 31.4. The predicted molar refractivity (Wildman–Crippen MR) is 160 cm³/mol. The molecule has 2 amide bonds. The molecule has 11 nitrogen and oxygen atoms in total. The van der Waals surface area contributed by atoms with E-state index in [1.165, 1.54) is 54.6 Å². The monoisotopic (exact) mass is 629 g/mol. The molecule has 0 saturated heterocycles. The number of amides is 2. The second-order valence-corrected chi connectivity index (χ2v) is 15.4. The molecule has 1 aromatic heterocycles. The molecule has 1 heterocycles. The third kappa shape index (κ3) is 6.60. The van der Waals surface area contributed by atoms with Crippen LogP contribution in [0.1, 0.15) is 39.8 Å². The van der Waals surface area contributed by atoms with E-state index in [9.17, 15) is 35.6 Å². The Morgan fingerprint density at radius 2 is 1.47 bits per heavy atom. The van der Waals surface area contributed by atoms with E-state index >= 15 is 0 Å². The molecular weight excluding hydrogens is 601 g/mol. The van der Waals surface area contributed by atoms with Gasteiger partial charge in [-0.2, -0.15) is 0 Å². The summed E-state index contributed by atoms with van der Waals surface area (Å²) in [5.74, 6) is -3.03. The van der Waals surface area contributed by atoms with Crippen LogP contribution in [0.2, 0.25) is 0 Å². The third-order valence-corrected chi connectivity index (χ3v) is 12.4. The number of nitrogens with one attached hydrogen (secondary N) is 2. The van der Waals surface area contributed by atoms with Gasteiger partial charge in [0.25, 0.3) is 5.91 Å². The Kier molecular flexibility index (Phi) is 8.47. The molecule has 226 valence electrons. The molecule has 0 unspecified atom stereocenters. The van der Waals surface area contributed by atoms with Crippen LogP contribution in [0.5, 0.6) is 0 Å². The van der Waals surface area contributed by atoms with Crippen molar-refractivity contribution in [2.75, 3.05) is 23.1 Å². The van der Waals surface area contributed by atoms with Crippen LogP contribution in [0.25, 0.3) is 10.9 Å². The summed E-state index contributed by atoms with van der Waals surface area (Å²) in [5.41, 5.74) is 1.51. The van der Waals surface area contributed by atoms with Crippen LogP contribution in [0.4, 0.5) is 15.8 Å². The third-order valence-electron chi connectivity index (χ3n) is 7.14. The van der Waals surface area contributed by atoms with Crippen LogP contribution in [0.15, 0.2) is 72.8 Å². The van der Waals surface area contributed by atoms with Crippen LogP contribution in [0, 0.1) is 5.82 Å². The maximum Gasteiger partial charge on any atom is 0.335 e. The number of carboxylic acids is 1. The van der Waals surface area contributed by atoms with E-state index in [1.807, 2.05) is 0 Å². The molecule has 0 spiro atoms. The molecule has 0 radical (unpaired) electrons. The Hall–Kier alpha value is -4.56. The number of rotatable bonds is 10. The van der Waals surface area contributed by atoms with E-state index in [4.69, 9.17) is 5.11 Å². The highest BCUT2D eigenvalue weighted by atomic mass is 32.3. The predicted octanol–water partition coefficient (Wildman–Crippen LogP) is 3.91. The number of aromatic carboxylic acids is 1. The Morgan fingerprint density at radius 3 is 2.05 bits per heavy atom. The highest BCUT2D eigenvalue weighted by Crippen LogP contribution is 2.29. The van der Waals surface area contributed by atoms with Gasteiger partial charge in [0.05, 0.1) is 18.5 Å². The Morgan fingerprint density at radius 1 is 0.860 bits per heavy atom. The fraction of sp³-hybridized carbons (Fsp3) is 0.207. The number of aromatic nitrogens is 1. The SMILES string of the molecule is CC(CC(=O)Nc1ccc2c(c1)cc(C(=O)Nc1ccc(C(=O)O)cc1)n2Cc1ccccc1F)(S(C)(=O)=O)S(C)(=O)=O. The van der Waals surface area contributed by atoms with E-state index in [0.717, 1.165) is 19.4 Å². The summed E-state index contributed by atoms with van der Waals surface area (Å²) in [4.78, 5) is 37.3. The number of halogens is 1. The molecule has 0 aliphatic carbocycles. The largest absolute Gasteiger partial charge is 0.478 e. The molecule has 0 saturated carbocycles. The van der Waals surface area contributed by atoms with Gasteiger partial charge in [-0.1, -0.05) is 18.2 Å². The summed E-state index contributed by atoms with van der Waals surface area (Å²) in [7, 11) is -8.36. The van der Waals surface area contributed by atoms with Crippen molar-refractivity contribution in [2.45, 2.75) is 24.0 Å². The highest BCUT2D eigenvalue weighted by Gasteiger charge is 2.47. The summed E-state index contributed by atoms with van der Waals surface area (Å²) in [6.07, 6.45) is 0.656. The number of anilines is 2. The highest BCUT2D eigenvalue weighted by molar-refractivity contribution is 8.09. The second-order valence-electron chi connectivity index (χ2n) is 10.2. The van der Waals surface area contributed by atoms with Gasteiger partial charge in [-0.3, -0.25) is 9.59 Å². The molecule has 0 fully saturated rings. The molecular formula is C29H28FN3O8S2. The number of sulfone groups is 2. The van der Waals surface area contributed by atoms with Gasteiger partial charge in [0.2, 0.25) is 5.91 Å². The smallest absolute Gasteiger partial charge is 0.335 e. The maximum absolute atomic E-state index is 14.6. The van der Waals surface area contributed by atoms with Crippen molar-refractivity contribution in [3.05, 3.63) is 95.4 Å². The zero-order chi connectivity index (χ0) is 31.7. The number of fused-ring (bicyclic) bond motifs is 1. The van der Waals surface area contributed by atoms with Crippen LogP contribution in [-0.4, -0.2) is 60.9 Å². The van der Waals surface area contributed by atoms with Crippen LogP contribution in [-0.2, 0) is 31.0 Å². The van der Waals surface area contributed by atoms with Gasteiger partial charge in [-0.15, -0.1) is 0 Å². The fourth-order valence-electron chi connectivity index (χ4n) is 4.43. The molecule has 4 aromatic rings. The van der Waals surface area contributed by atoms with Crippen molar-refractivity contribution in [1.29, 1.82) is 0 Å². The van der Waals surface area contributed by atoms with Crippen molar-refractivity contribution < 1.29 is 40.7 Å². The zero-order valence-corrected chi connectivity index (χ0v) is 24.9. The molecule has 0 bridgehead atoms. The van der Waals surface area contributed by atoms with Gasteiger partial charge in [0.1, 0.15) is 11.5 Å². The lowest BCUT2D eigenvalue weighted by Crippen LogP contribution is -2.45. The summed E-state index contributed by atoms with van der Waals surface area (Å²) in [6.45, 7) is 0.951. The quantitative estimate of drug-likeness (QED) is 0.237. The van der Waals surface area contributed by atoms with Crippen molar-refractivity contribution in [2.24, 2.45) is 0 Å². The van der Waals surface area contributed by atoms with E-state index in [-0.39, 0.29) is 23.5 Å². The first-order chi connectivity index (χ1) is 20.0. The summed E-state index contributed by atoms with van der Waals surface area (Å²) in [6, 6.07) is 17.7. The van der Waals surface area contributed by atoms with Gasteiger partial charge in [0, 0.05) is 40.4 Å². The molecule has 4 rings (SSSR count). The molecule has 0 atom stereocenters. The minimum atomic E-state index is -4.18. The first-order valence-corrected chi connectivity index (χ1v) is 16.5. The molecule has 43 heavy (non-hydrogen) atoms. The minimum Gasteiger partial charge on any atom is -0.478 e. The Bertz CT molecular complexity index is 1940. The number of nitrogens with zero attached hydrogens (tertiary/aromatic N) is 1. The Labute approximate surface area is 247 Å². The number of carboxylic acid groups (broad SMARTS) is 1. The van der Waals surface area contributed by atoms with Crippen molar-refractivity contribution in [3.63, 3.8) is 0 Å². The number of hydrogen-bond acceptors (Lipinski definition) is 7. The van der Waals surface area contributed by atoms with E-state index < -0.39 is 53.8 Å². The number of carbonyl (C=O) groups excluding carboxylic acids is 2. The molecule has 0 aliphatic rings. The molecule has 3 N–H and O–H groups in total.